The summed E-state index contributed by atoms with van der Waals surface area (Å²) in [6.07, 6.45) is 2.61. The summed E-state index contributed by atoms with van der Waals surface area (Å²) in [5.41, 5.74) is 1.10. The van der Waals surface area contributed by atoms with Gasteiger partial charge in [-0.05, 0) is 31.0 Å². The van der Waals surface area contributed by atoms with Crippen molar-refractivity contribution in [3.05, 3.63) is 41.6 Å². The van der Waals surface area contributed by atoms with E-state index in [0.717, 1.165) is 48.3 Å². The molecule has 29 heavy (non-hydrogen) atoms. The minimum atomic E-state index is -0.0584. The summed E-state index contributed by atoms with van der Waals surface area (Å²) in [4.78, 5) is 8.89. The van der Waals surface area contributed by atoms with E-state index in [-0.39, 0.29) is 29.4 Å². The van der Waals surface area contributed by atoms with Crippen molar-refractivity contribution < 1.29 is 13.9 Å². The lowest BCUT2D eigenvalue weighted by Crippen LogP contribution is -2.38. The maximum atomic E-state index is 5.80. The molecule has 7 nitrogen and oxygen atoms in total. The third kappa shape index (κ3) is 7.75. The first-order chi connectivity index (χ1) is 13.4. The van der Waals surface area contributed by atoms with Crippen molar-refractivity contribution in [3.8, 4) is 11.5 Å². The first kappa shape index (κ1) is 25.1. The minimum absolute atomic E-state index is 0. The van der Waals surface area contributed by atoms with E-state index in [2.05, 4.69) is 41.4 Å². The van der Waals surface area contributed by atoms with Crippen molar-refractivity contribution in [1.82, 2.24) is 15.6 Å². The van der Waals surface area contributed by atoms with E-state index in [9.17, 15) is 0 Å². The number of halogens is 1. The van der Waals surface area contributed by atoms with E-state index in [1.807, 2.05) is 25.1 Å². The number of ether oxygens (including phenoxy) is 2. The SMILES string of the molecule is CCNC(=NCc1ncc(C(C)(C)C)o1)NCCc1ccc(OC)c(OC)c1.I. The topological polar surface area (TPSA) is 80.9 Å². The van der Waals surface area contributed by atoms with Crippen LogP contribution in [0.5, 0.6) is 11.5 Å². The zero-order valence-corrected chi connectivity index (χ0v) is 20.5. The number of aromatic nitrogens is 1. The summed E-state index contributed by atoms with van der Waals surface area (Å²) in [5, 5.41) is 6.58. The van der Waals surface area contributed by atoms with Crippen molar-refractivity contribution in [2.75, 3.05) is 27.3 Å². The Morgan fingerprint density at radius 3 is 2.45 bits per heavy atom. The number of guanidine groups is 1. The Morgan fingerprint density at radius 1 is 1.14 bits per heavy atom. The van der Waals surface area contributed by atoms with Crippen LogP contribution in [-0.4, -0.2) is 38.3 Å². The lowest BCUT2D eigenvalue weighted by molar-refractivity contribution is 0.354. The van der Waals surface area contributed by atoms with Gasteiger partial charge in [0.15, 0.2) is 17.5 Å². The zero-order chi connectivity index (χ0) is 20.6. The Bertz CT molecular complexity index is 784. The van der Waals surface area contributed by atoms with Gasteiger partial charge in [-0.25, -0.2) is 9.98 Å². The molecule has 1 aromatic heterocycles. The van der Waals surface area contributed by atoms with Crippen molar-refractivity contribution in [3.63, 3.8) is 0 Å². The molecule has 0 unspecified atom stereocenters. The van der Waals surface area contributed by atoms with Crippen LogP contribution in [0.1, 0.15) is 44.9 Å². The summed E-state index contributed by atoms with van der Waals surface area (Å²) < 4.78 is 16.4. The molecule has 8 heteroatoms. The summed E-state index contributed by atoms with van der Waals surface area (Å²) >= 11 is 0. The van der Waals surface area contributed by atoms with Crippen molar-refractivity contribution >= 4 is 29.9 Å². The van der Waals surface area contributed by atoms with Crippen LogP contribution in [0.2, 0.25) is 0 Å². The van der Waals surface area contributed by atoms with Crippen LogP contribution in [0.15, 0.2) is 33.8 Å². The third-order valence-electron chi connectivity index (χ3n) is 4.16. The molecule has 0 atom stereocenters. The van der Waals surface area contributed by atoms with Crippen LogP contribution in [0.4, 0.5) is 0 Å². The van der Waals surface area contributed by atoms with Gasteiger partial charge < -0.3 is 24.5 Å². The molecule has 1 heterocycles. The number of hydrogen-bond donors (Lipinski definition) is 2. The van der Waals surface area contributed by atoms with E-state index >= 15 is 0 Å². The second kappa shape index (κ2) is 11.9. The van der Waals surface area contributed by atoms with Crippen LogP contribution in [0.3, 0.4) is 0 Å². The lowest BCUT2D eigenvalue weighted by atomic mass is 9.94. The fourth-order valence-electron chi connectivity index (χ4n) is 2.58. The second-order valence-corrected chi connectivity index (χ2v) is 7.43. The van der Waals surface area contributed by atoms with Gasteiger partial charge in [-0.15, -0.1) is 24.0 Å². The molecule has 1 aromatic carbocycles. The number of aliphatic imine (C=N–C) groups is 1. The smallest absolute Gasteiger partial charge is 0.216 e. The average Bonchev–Trinajstić information content (AvgIpc) is 3.15. The van der Waals surface area contributed by atoms with E-state index in [0.29, 0.717) is 12.4 Å². The molecular weight excluding hydrogens is 483 g/mol. The molecule has 2 rings (SSSR count). The number of benzene rings is 1. The Morgan fingerprint density at radius 2 is 1.86 bits per heavy atom. The second-order valence-electron chi connectivity index (χ2n) is 7.43. The predicted molar refractivity (Wildman–Crippen MR) is 127 cm³/mol. The highest BCUT2D eigenvalue weighted by Gasteiger charge is 2.19. The largest absolute Gasteiger partial charge is 0.493 e. The van der Waals surface area contributed by atoms with E-state index in [4.69, 9.17) is 13.9 Å². The zero-order valence-electron chi connectivity index (χ0n) is 18.2. The van der Waals surface area contributed by atoms with Gasteiger partial charge in [0.25, 0.3) is 0 Å². The predicted octanol–water partition coefficient (Wildman–Crippen LogP) is 3.91. The molecule has 0 fully saturated rings. The molecule has 0 amide bonds. The van der Waals surface area contributed by atoms with E-state index in [1.54, 1.807) is 20.4 Å². The molecule has 0 spiro atoms. The van der Waals surface area contributed by atoms with Crippen LogP contribution >= 0.6 is 24.0 Å². The normalized spacial score (nSPS) is 11.6. The Balaban J connectivity index is 0.00000420. The Labute approximate surface area is 190 Å². The molecule has 0 aliphatic carbocycles. The summed E-state index contributed by atoms with van der Waals surface area (Å²) in [6.45, 7) is 10.2. The van der Waals surface area contributed by atoms with Gasteiger partial charge in [0, 0.05) is 18.5 Å². The van der Waals surface area contributed by atoms with Gasteiger partial charge >= 0.3 is 0 Å². The molecule has 0 bridgehead atoms. The number of methoxy groups -OCH3 is 2. The van der Waals surface area contributed by atoms with Gasteiger partial charge in [0.1, 0.15) is 12.3 Å². The van der Waals surface area contributed by atoms with Gasteiger partial charge in [0.2, 0.25) is 5.89 Å². The Kier molecular flexibility index (Phi) is 10.3. The summed E-state index contributed by atoms with van der Waals surface area (Å²) in [6, 6.07) is 5.95. The first-order valence-corrected chi connectivity index (χ1v) is 9.55. The van der Waals surface area contributed by atoms with Crippen LogP contribution in [0.25, 0.3) is 0 Å². The van der Waals surface area contributed by atoms with Gasteiger partial charge in [-0.3, -0.25) is 0 Å². The van der Waals surface area contributed by atoms with Crippen LogP contribution < -0.4 is 20.1 Å². The number of rotatable bonds is 8. The molecule has 0 saturated heterocycles. The third-order valence-corrected chi connectivity index (χ3v) is 4.16. The number of nitrogens with zero attached hydrogens (tertiary/aromatic N) is 2. The van der Waals surface area contributed by atoms with Crippen molar-refractivity contribution in [2.24, 2.45) is 4.99 Å². The van der Waals surface area contributed by atoms with E-state index in [1.165, 1.54) is 0 Å². The maximum Gasteiger partial charge on any atom is 0.216 e. The molecule has 162 valence electrons. The van der Waals surface area contributed by atoms with Crippen LogP contribution in [0, 0.1) is 0 Å². The molecule has 0 aliphatic heterocycles. The highest BCUT2D eigenvalue weighted by atomic mass is 127. The molecular formula is C21H33IN4O3. The quantitative estimate of drug-likeness (QED) is 0.315. The summed E-state index contributed by atoms with van der Waals surface area (Å²) in [7, 11) is 3.28. The fraction of sp³-hybridized carbons (Fsp3) is 0.524. The molecule has 2 N–H and O–H groups in total. The number of nitrogens with one attached hydrogen (secondary N) is 2. The van der Waals surface area contributed by atoms with Crippen LogP contribution in [-0.2, 0) is 18.4 Å². The van der Waals surface area contributed by atoms with Gasteiger partial charge in [0.05, 0.1) is 20.4 Å². The molecule has 0 aliphatic rings. The van der Waals surface area contributed by atoms with E-state index < -0.39 is 0 Å². The molecule has 2 aromatic rings. The average molecular weight is 516 g/mol. The minimum Gasteiger partial charge on any atom is -0.493 e. The Hall–Kier alpha value is -1.97. The highest BCUT2D eigenvalue weighted by molar-refractivity contribution is 14.0. The number of hydrogen-bond acceptors (Lipinski definition) is 5. The molecule has 0 radical (unpaired) electrons. The van der Waals surface area contributed by atoms with Gasteiger partial charge in [-0.1, -0.05) is 26.8 Å². The monoisotopic (exact) mass is 516 g/mol. The standard InChI is InChI=1S/C21H32N4O3.HI/c1-7-22-20(25-14-19-24-13-18(28-19)21(2,3)4)23-11-10-15-8-9-16(26-5)17(12-15)27-6;/h8-9,12-13H,7,10-11,14H2,1-6H3,(H2,22,23,25);1H. The summed E-state index contributed by atoms with van der Waals surface area (Å²) in [5.74, 6) is 3.68. The highest BCUT2D eigenvalue weighted by Crippen LogP contribution is 2.27. The number of oxazole rings is 1. The molecule has 0 saturated carbocycles. The maximum absolute atomic E-state index is 5.80. The van der Waals surface area contributed by atoms with Gasteiger partial charge in [-0.2, -0.15) is 0 Å². The van der Waals surface area contributed by atoms with Crippen molar-refractivity contribution in [1.29, 1.82) is 0 Å². The lowest BCUT2D eigenvalue weighted by Gasteiger charge is -2.13. The fourth-order valence-corrected chi connectivity index (χ4v) is 2.58. The first-order valence-electron chi connectivity index (χ1n) is 9.55. The van der Waals surface area contributed by atoms with Crippen molar-refractivity contribution in [2.45, 2.75) is 46.1 Å².